The number of aromatic nitrogens is 1. The molecule has 1 amide bonds. The van der Waals surface area contributed by atoms with Crippen LogP contribution in [-0.4, -0.2) is 29.1 Å². The molecule has 0 radical (unpaired) electrons. The Morgan fingerprint density at radius 2 is 2.16 bits per heavy atom. The Morgan fingerprint density at radius 1 is 1.42 bits per heavy atom. The van der Waals surface area contributed by atoms with E-state index in [2.05, 4.69) is 10.3 Å². The Morgan fingerprint density at radius 3 is 2.79 bits per heavy atom. The molecule has 1 aliphatic rings. The van der Waals surface area contributed by atoms with E-state index in [1.165, 1.54) is 6.42 Å². The van der Waals surface area contributed by atoms with Crippen LogP contribution in [0.5, 0.6) is 0 Å². The molecule has 0 aromatic carbocycles. The van der Waals surface area contributed by atoms with Gasteiger partial charge in [0.25, 0.3) is 5.91 Å². The predicted molar refractivity (Wildman–Crippen MR) is 73.8 cm³/mol. The molecule has 5 heteroatoms. The highest BCUT2D eigenvalue weighted by Crippen LogP contribution is 2.36. The summed E-state index contributed by atoms with van der Waals surface area (Å²) < 4.78 is 0. The quantitative estimate of drug-likeness (QED) is 0.751. The minimum absolute atomic E-state index is 0.0926. The van der Waals surface area contributed by atoms with Crippen molar-refractivity contribution in [1.29, 1.82) is 0 Å². The van der Waals surface area contributed by atoms with Crippen molar-refractivity contribution < 1.29 is 9.90 Å². The van der Waals surface area contributed by atoms with E-state index in [0.717, 1.165) is 25.7 Å². The lowest BCUT2D eigenvalue weighted by Crippen LogP contribution is -2.36. The molecule has 104 valence electrons. The summed E-state index contributed by atoms with van der Waals surface area (Å²) in [5.74, 6) is 0.0192. The van der Waals surface area contributed by atoms with Gasteiger partial charge in [0.2, 0.25) is 0 Å². The summed E-state index contributed by atoms with van der Waals surface area (Å²) >= 11 is 0. The van der Waals surface area contributed by atoms with Gasteiger partial charge < -0.3 is 16.2 Å². The highest BCUT2D eigenvalue weighted by molar-refractivity contribution is 5.97. The number of amides is 1. The number of nitrogens with one attached hydrogen (secondary N) is 1. The molecular weight excluding hydrogens is 242 g/mol. The fraction of sp³-hybridized carbons (Fsp3) is 0.571. The van der Waals surface area contributed by atoms with Gasteiger partial charge in [0, 0.05) is 18.2 Å². The number of pyridine rings is 1. The molecule has 1 aliphatic carbocycles. The fourth-order valence-corrected chi connectivity index (χ4v) is 2.71. The molecule has 2 rings (SSSR count). The van der Waals surface area contributed by atoms with Gasteiger partial charge in [-0.05, 0) is 25.0 Å². The minimum atomic E-state index is -0.489. The van der Waals surface area contributed by atoms with Gasteiger partial charge in [-0.25, -0.2) is 4.98 Å². The van der Waals surface area contributed by atoms with Gasteiger partial charge in [0.15, 0.2) is 0 Å². The van der Waals surface area contributed by atoms with E-state index < -0.39 is 5.91 Å². The molecule has 19 heavy (non-hydrogen) atoms. The second-order valence-electron chi connectivity index (χ2n) is 5.34. The van der Waals surface area contributed by atoms with E-state index in [1.807, 2.05) is 0 Å². The normalized spacial score (nSPS) is 17.9. The Labute approximate surface area is 113 Å². The topological polar surface area (TPSA) is 88.2 Å². The summed E-state index contributed by atoms with van der Waals surface area (Å²) in [5.41, 5.74) is 5.62. The number of hydrogen-bond acceptors (Lipinski definition) is 4. The maximum absolute atomic E-state index is 11.3. The third kappa shape index (κ3) is 3.23. The monoisotopic (exact) mass is 263 g/mol. The van der Waals surface area contributed by atoms with Crippen LogP contribution in [0.4, 0.5) is 5.82 Å². The van der Waals surface area contributed by atoms with Crippen LogP contribution in [-0.2, 0) is 0 Å². The van der Waals surface area contributed by atoms with Crippen molar-refractivity contribution in [2.24, 2.45) is 11.1 Å². The summed E-state index contributed by atoms with van der Waals surface area (Å²) in [5, 5.41) is 12.8. The number of nitrogens with two attached hydrogens (primary N) is 1. The Hall–Kier alpha value is -1.62. The maximum Gasteiger partial charge on any atom is 0.252 e. The third-order valence-electron chi connectivity index (χ3n) is 3.95. The van der Waals surface area contributed by atoms with Crippen molar-refractivity contribution in [1.82, 2.24) is 4.98 Å². The smallest absolute Gasteiger partial charge is 0.252 e. The highest BCUT2D eigenvalue weighted by Gasteiger charge is 2.31. The van der Waals surface area contributed by atoms with Crippen LogP contribution in [0, 0.1) is 5.41 Å². The molecule has 0 atom stereocenters. The van der Waals surface area contributed by atoms with Crippen molar-refractivity contribution in [2.75, 3.05) is 18.5 Å². The second kappa shape index (κ2) is 6.02. The Kier molecular flexibility index (Phi) is 4.37. The molecule has 5 nitrogen and oxygen atoms in total. The first-order chi connectivity index (χ1) is 9.17. The predicted octanol–water partition coefficient (Wildman–Crippen LogP) is 1.54. The molecule has 0 bridgehead atoms. The van der Waals surface area contributed by atoms with Crippen molar-refractivity contribution >= 4 is 11.7 Å². The molecule has 1 heterocycles. The molecule has 0 spiro atoms. The molecule has 4 N–H and O–H groups in total. The molecule has 1 saturated carbocycles. The van der Waals surface area contributed by atoms with Gasteiger partial charge in [-0.1, -0.05) is 19.3 Å². The molecule has 0 aliphatic heterocycles. The number of aliphatic hydroxyl groups is 1. The van der Waals surface area contributed by atoms with E-state index in [9.17, 15) is 9.90 Å². The molecule has 0 saturated heterocycles. The summed E-state index contributed by atoms with van der Waals surface area (Å²) in [6.07, 6.45) is 7.17. The van der Waals surface area contributed by atoms with Crippen molar-refractivity contribution in [3.05, 3.63) is 23.9 Å². The number of carbonyl (C=O) groups is 1. The number of rotatable bonds is 5. The molecule has 1 fully saturated rings. The molecule has 1 aromatic heterocycles. The van der Waals surface area contributed by atoms with Crippen LogP contribution in [0.15, 0.2) is 18.3 Å². The van der Waals surface area contributed by atoms with Crippen molar-refractivity contribution in [3.63, 3.8) is 0 Å². The van der Waals surface area contributed by atoms with Crippen LogP contribution < -0.4 is 11.1 Å². The van der Waals surface area contributed by atoms with Gasteiger partial charge in [0.05, 0.1) is 12.2 Å². The molecule has 1 aromatic rings. The zero-order valence-electron chi connectivity index (χ0n) is 11.1. The number of aliphatic hydroxyl groups excluding tert-OH is 1. The van der Waals surface area contributed by atoms with E-state index in [-0.39, 0.29) is 12.0 Å². The summed E-state index contributed by atoms with van der Waals surface area (Å²) in [6, 6.07) is 3.35. The summed E-state index contributed by atoms with van der Waals surface area (Å²) in [6.45, 7) is 0.791. The second-order valence-corrected chi connectivity index (χ2v) is 5.34. The number of nitrogens with zero attached hydrogens (tertiary/aromatic N) is 1. The average Bonchev–Trinajstić information content (AvgIpc) is 2.46. The number of anilines is 1. The van der Waals surface area contributed by atoms with Gasteiger partial charge in [0.1, 0.15) is 5.82 Å². The van der Waals surface area contributed by atoms with Crippen LogP contribution in [0.2, 0.25) is 0 Å². The van der Waals surface area contributed by atoms with Crippen LogP contribution in [0.3, 0.4) is 0 Å². The van der Waals surface area contributed by atoms with Crippen LogP contribution in [0.25, 0.3) is 0 Å². The number of carbonyl (C=O) groups excluding carboxylic acids is 1. The van der Waals surface area contributed by atoms with E-state index >= 15 is 0 Å². The maximum atomic E-state index is 11.3. The SMILES string of the molecule is NC(=O)c1cccnc1NCC1(CO)CCCCC1. The largest absolute Gasteiger partial charge is 0.396 e. The lowest BCUT2D eigenvalue weighted by Gasteiger charge is -2.35. The van der Waals surface area contributed by atoms with Crippen LogP contribution in [0.1, 0.15) is 42.5 Å². The van der Waals surface area contributed by atoms with Gasteiger partial charge in [-0.2, -0.15) is 0 Å². The molecular formula is C14H21N3O2. The fourth-order valence-electron chi connectivity index (χ4n) is 2.71. The summed E-state index contributed by atoms with van der Waals surface area (Å²) in [7, 11) is 0. The lowest BCUT2D eigenvalue weighted by molar-refractivity contribution is 0.0942. The zero-order valence-corrected chi connectivity index (χ0v) is 11.1. The van der Waals surface area contributed by atoms with Crippen molar-refractivity contribution in [3.8, 4) is 0 Å². The van der Waals surface area contributed by atoms with Gasteiger partial charge in [-0.15, -0.1) is 0 Å². The zero-order chi connectivity index (χ0) is 13.7. The first-order valence-electron chi connectivity index (χ1n) is 6.76. The van der Waals surface area contributed by atoms with E-state index in [1.54, 1.807) is 18.3 Å². The van der Waals surface area contributed by atoms with E-state index in [4.69, 9.17) is 5.73 Å². The highest BCUT2D eigenvalue weighted by atomic mass is 16.3. The standard InChI is InChI=1S/C14H21N3O2/c15-12(19)11-5-4-8-16-13(11)17-9-14(10-18)6-2-1-3-7-14/h4-5,8,18H,1-3,6-7,9-10H2,(H2,15,19)(H,16,17). The Bertz CT molecular complexity index is 442. The van der Waals surface area contributed by atoms with Gasteiger partial charge in [-0.3, -0.25) is 4.79 Å². The molecule has 0 unspecified atom stereocenters. The average molecular weight is 263 g/mol. The number of primary amides is 1. The lowest BCUT2D eigenvalue weighted by atomic mass is 9.74. The third-order valence-corrected chi connectivity index (χ3v) is 3.95. The Balaban J connectivity index is 2.07. The first-order valence-corrected chi connectivity index (χ1v) is 6.76. The van der Waals surface area contributed by atoms with Crippen molar-refractivity contribution in [2.45, 2.75) is 32.1 Å². The number of hydrogen-bond donors (Lipinski definition) is 3. The van der Waals surface area contributed by atoms with Crippen LogP contribution >= 0.6 is 0 Å². The van der Waals surface area contributed by atoms with E-state index in [0.29, 0.717) is 17.9 Å². The first kappa shape index (κ1) is 13.8. The van der Waals surface area contributed by atoms with Gasteiger partial charge >= 0.3 is 0 Å². The summed E-state index contributed by atoms with van der Waals surface area (Å²) in [4.78, 5) is 15.5. The minimum Gasteiger partial charge on any atom is -0.396 e.